The number of methoxy groups -OCH3 is 2. The van der Waals surface area contributed by atoms with E-state index in [1.807, 2.05) is 0 Å². The maximum atomic E-state index is 12.4. The number of nitro benzene ring substituents is 2. The summed E-state index contributed by atoms with van der Waals surface area (Å²) in [6.07, 6.45) is 1.33. The van der Waals surface area contributed by atoms with E-state index in [0.29, 0.717) is 10.5 Å². The lowest BCUT2D eigenvalue weighted by atomic mass is 10.1. The van der Waals surface area contributed by atoms with Gasteiger partial charge in [0.15, 0.2) is 11.5 Å². The number of carbonyl (C=O) groups is 3. The van der Waals surface area contributed by atoms with E-state index < -0.39 is 45.7 Å². The first-order valence-corrected chi connectivity index (χ1v) is 9.34. The first kappa shape index (κ1) is 23.6. The highest BCUT2D eigenvalue weighted by Crippen LogP contribution is 2.38. The Bertz CT molecular complexity index is 1240. The minimum atomic E-state index is -0.817. The van der Waals surface area contributed by atoms with E-state index in [2.05, 4.69) is 10.1 Å². The smallest absolute Gasteiger partial charge is 0.329 e. The number of carbonyl (C=O) groups excluding carboxylic acids is 3. The van der Waals surface area contributed by atoms with Gasteiger partial charge in [0.1, 0.15) is 12.2 Å². The Morgan fingerprint density at radius 2 is 1.74 bits per heavy atom. The largest absolute Gasteiger partial charge is 0.493 e. The predicted molar refractivity (Wildman–Crippen MR) is 113 cm³/mol. The van der Waals surface area contributed by atoms with Crippen LogP contribution in [0.25, 0.3) is 6.08 Å². The Balaban J connectivity index is 1.88. The summed E-state index contributed by atoms with van der Waals surface area (Å²) in [5.74, 6) is -1.60. The number of rotatable bonds is 8. The third kappa shape index (κ3) is 4.90. The monoisotopic (exact) mass is 472 g/mol. The number of amides is 3. The third-order valence-electron chi connectivity index (χ3n) is 4.55. The van der Waals surface area contributed by atoms with Crippen LogP contribution in [0.2, 0.25) is 0 Å². The van der Waals surface area contributed by atoms with Crippen LogP contribution in [0.1, 0.15) is 5.56 Å². The summed E-state index contributed by atoms with van der Waals surface area (Å²) in [5, 5.41) is 24.6. The van der Waals surface area contributed by atoms with Gasteiger partial charge in [0.2, 0.25) is 5.75 Å². The van der Waals surface area contributed by atoms with Gasteiger partial charge in [-0.1, -0.05) is 6.07 Å². The van der Waals surface area contributed by atoms with Crippen LogP contribution < -0.4 is 14.8 Å². The number of nitro groups is 2. The Morgan fingerprint density at radius 3 is 2.35 bits per heavy atom. The second-order valence-electron chi connectivity index (χ2n) is 6.63. The number of ether oxygens (including phenoxy) is 3. The number of nitrogens with one attached hydrogen (secondary N) is 1. The number of nitrogens with zero attached hydrogens (tertiary/aromatic N) is 3. The predicted octanol–water partition coefficient (Wildman–Crippen LogP) is 2.37. The lowest BCUT2D eigenvalue weighted by molar-refractivity contribution is -0.394. The van der Waals surface area contributed by atoms with Gasteiger partial charge in [-0.2, -0.15) is 0 Å². The molecule has 0 atom stereocenters. The van der Waals surface area contributed by atoms with Gasteiger partial charge in [0.25, 0.3) is 11.6 Å². The van der Waals surface area contributed by atoms with E-state index in [-0.39, 0.29) is 22.9 Å². The molecule has 14 heteroatoms. The molecule has 3 amide bonds. The zero-order valence-corrected chi connectivity index (χ0v) is 17.7. The topological polar surface area (TPSA) is 180 Å². The van der Waals surface area contributed by atoms with Gasteiger partial charge in [-0.15, -0.1) is 0 Å². The number of urea groups is 1. The van der Waals surface area contributed by atoms with E-state index in [1.54, 1.807) is 0 Å². The van der Waals surface area contributed by atoms with E-state index in [4.69, 9.17) is 9.47 Å². The van der Waals surface area contributed by atoms with Gasteiger partial charge < -0.3 is 19.5 Å². The van der Waals surface area contributed by atoms with Crippen molar-refractivity contribution in [2.75, 3.05) is 20.8 Å². The van der Waals surface area contributed by atoms with Crippen LogP contribution in [0.15, 0.2) is 42.1 Å². The fourth-order valence-electron chi connectivity index (χ4n) is 2.90. The Hall–Kier alpha value is -5.01. The van der Waals surface area contributed by atoms with Gasteiger partial charge >= 0.3 is 17.7 Å². The van der Waals surface area contributed by atoms with Crippen molar-refractivity contribution in [3.63, 3.8) is 0 Å². The molecule has 0 radical (unpaired) electrons. The fourth-order valence-corrected chi connectivity index (χ4v) is 2.90. The minimum Gasteiger partial charge on any atom is -0.493 e. The zero-order chi connectivity index (χ0) is 25.0. The summed E-state index contributed by atoms with van der Waals surface area (Å²) in [7, 11) is 2.43. The quantitative estimate of drug-likeness (QED) is 0.197. The Kier molecular flexibility index (Phi) is 6.71. The van der Waals surface area contributed by atoms with Gasteiger partial charge in [-0.05, 0) is 29.8 Å². The molecule has 1 N–H and O–H groups in total. The maximum absolute atomic E-state index is 12.4. The normalized spacial score (nSPS) is 14.1. The minimum absolute atomic E-state index is 0.0516. The zero-order valence-electron chi connectivity index (χ0n) is 17.7. The molecule has 14 nitrogen and oxygen atoms in total. The molecular formula is C20H16N4O10. The molecule has 176 valence electrons. The molecule has 0 aliphatic carbocycles. The van der Waals surface area contributed by atoms with E-state index in [9.17, 15) is 34.6 Å². The first-order chi connectivity index (χ1) is 16.1. The molecule has 3 rings (SSSR count). The Labute approximate surface area is 190 Å². The average molecular weight is 472 g/mol. The molecule has 0 saturated carbocycles. The van der Waals surface area contributed by atoms with Gasteiger partial charge in [-0.25, -0.2) is 9.69 Å². The summed E-state index contributed by atoms with van der Waals surface area (Å²) < 4.78 is 15.3. The second-order valence-corrected chi connectivity index (χ2v) is 6.63. The fraction of sp³-hybridized carbons (Fsp3) is 0.150. The highest BCUT2D eigenvalue weighted by Gasteiger charge is 2.35. The van der Waals surface area contributed by atoms with Crippen molar-refractivity contribution in [1.82, 2.24) is 10.2 Å². The van der Waals surface area contributed by atoms with E-state index in [1.165, 1.54) is 31.4 Å². The lowest BCUT2D eigenvalue weighted by Crippen LogP contribution is -2.36. The molecule has 1 heterocycles. The summed E-state index contributed by atoms with van der Waals surface area (Å²) in [6, 6.07) is 6.43. The van der Waals surface area contributed by atoms with Crippen molar-refractivity contribution in [3.05, 3.63) is 67.9 Å². The first-order valence-electron chi connectivity index (χ1n) is 9.34. The standard InChI is InChI=1S/C20H16N4O10/c1-32-17-8-11(7-13-19(26)22(20(27)21-13)10-18(25)33-2)3-5-16(17)34-15-6-4-12(23(28)29)9-14(15)24(30)31/h3-9H,10H2,1-2H3,(H,21,27)/b13-7+. The lowest BCUT2D eigenvalue weighted by Gasteiger charge is -2.11. The van der Waals surface area contributed by atoms with Crippen LogP contribution in [0.4, 0.5) is 16.2 Å². The van der Waals surface area contributed by atoms with E-state index in [0.717, 1.165) is 25.3 Å². The molecule has 0 bridgehead atoms. The molecule has 1 aliphatic heterocycles. The summed E-state index contributed by atoms with van der Waals surface area (Å²) in [5.41, 5.74) is -0.800. The Morgan fingerprint density at radius 1 is 1.03 bits per heavy atom. The highest BCUT2D eigenvalue weighted by atomic mass is 16.6. The highest BCUT2D eigenvalue weighted by molar-refractivity contribution is 6.15. The SMILES string of the molecule is COC(=O)CN1C(=O)N/C(=C/c2ccc(Oc3ccc([N+](=O)[O-])cc3[N+](=O)[O-])c(OC)c2)C1=O. The summed E-state index contributed by atoms with van der Waals surface area (Å²) in [4.78, 5) is 57.1. The van der Waals surface area contributed by atoms with Crippen LogP contribution in [0, 0.1) is 20.2 Å². The molecule has 1 saturated heterocycles. The molecule has 1 aliphatic rings. The molecule has 0 aromatic heterocycles. The number of hydrogen-bond acceptors (Lipinski definition) is 10. The molecule has 2 aromatic rings. The van der Waals surface area contributed by atoms with Crippen molar-refractivity contribution < 1.29 is 38.4 Å². The van der Waals surface area contributed by atoms with Crippen molar-refractivity contribution in [1.29, 1.82) is 0 Å². The van der Waals surface area contributed by atoms with Crippen LogP contribution in [-0.2, 0) is 14.3 Å². The summed E-state index contributed by atoms with van der Waals surface area (Å²) >= 11 is 0. The average Bonchev–Trinajstić information content (AvgIpc) is 3.06. The number of imide groups is 1. The van der Waals surface area contributed by atoms with Crippen molar-refractivity contribution in [3.8, 4) is 17.2 Å². The molecule has 1 fully saturated rings. The number of non-ortho nitro benzene ring substituents is 1. The number of hydrogen-bond donors (Lipinski definition) is 1. The van der Waals surface area contributed by atoms with E-state index >= 15 is 0 Å². The molecule has 2 aromatic carbocycles. The number of benzene rings is 2. The molecule has 34 heavy (non-hydrogen) atoms. The van der Waals surface area contributed by atoms with Crippen molar-refractivity contribution >= 4 is 35.4 Å². The maximum Gasteiger partial charge on any atom is 0.329 e. The van der Waals surface area contributed by atoms with Gasteiger partial charge in [-0.3, -0.25) is 29.8 Å². The molecule has 0 spiro atoms. The van der Waals surface area contributed by atoms with Crippen LogP contribution in [0.3, 0.4) is 0 Å². The van der Waals surface area contributed by atoms with Gasteiger partial charge in [0, 0.05) is 6.07 Å². The van der Waals surface area contributed by atoms with Crippen molar-refractivity contribution in [2.24, 2.45) is 0 Å². The van der Waals surface area contributed by atoms with Gasteiger partial charge in [0.05, 0.1) is 30.1 Å². The van der Waals surface area contributed by atoms with Crippen molar-refractivity contribution in [2.45, 2.75) is 0 Å². The third-order valence-corrected chi connectivity index (χ3v) is 4.55. The second kappa shape index (κ2) is 9.64. The van der Waals surface area contributed by atoms with Crippen LogP contribution in [-0.4, -0.2) is 53.4 Å². The van der Waals surface area contributed by atoms with Crippen LogP contribution >= 0.6 is 0 Å². The molecular weight excluding hydrogens is 456 g/mol. The molecule has 0 unspecified atom stereocenters. The number of esters is 1. The van der Waals surface area contributed by atoms with Crippen LogP contribution in [0.5, 0.6) is 17.2 Å². The summed E-state index contributed by atoms with van der Waals surface area (Å²) in [6.45, 7) is -0.553.